The molecular formula is C14H21BrN4O. The number of oxime groups is 1. The lowest BCUT2D eigenvalue weighted by Gasteiger charge is -2.44. The van der Waals surface area contributed by atoms with Crippen molar-refractivity contribution in [3.05, 3.63) is 28.2 Å². The largest absolute Gasteiger partial charge is 0.409 e. The number of anilines is 1. The molecule has 20 heavy (non-hydrogen) atoms. The Hall–Kier alpha value is -1.27. The highest BCUT2D eigenvalue weighted by molar-refractivity contribution is 9.10. The van der Waals surface area contributed by atoms with Crippen LogP contribution in [0.4, 0.5) is 5.69 Å². The quantitative estimate of drug-likeness (QED) is 0.374. The maximum atomic E-state index is 8.95. The Labute approximate surface area is 128 Å². The Balaban J connectivity index is 2.39. The second-order valence-electron chi connectivity index (χ2n) is 5.42. The molecule has 2 atom stereocenters. The summed E-state index contributed by atoms with van der Waals surface area (Å²) >= 11 is 3.50. The van der Waals surface area contributed by atoms with Crippen LogP contribution in [0.2, 0.25) is 0 Å². The number of halogens is 1. The van der Waals surface area contributed by atoms with E-state index in [1.807, 2.05) is 18.2 Å². The van der Waals surface area contributed by atoms with Crippen molar-refractivity contribution < 1.29 is 5.21 Å². The van der Waals surface area contributed by atoms with Crippen LogP contribution >= 0.6 is 15.9 Å². The van der Waals surface area contributed by atoms with Crippen molar-refractivity contribution in [1.29, 1.82) is 0 Å². The summed E-state index contributed by atoms with van der Waals surface area (Å²) in [4.78, 5) is 4.67. The first-order valence-electron chi connectivity index (χ1n) is 6.68. The van der Waals surface area contributed by atoms with Gasteiger partial charge in [-0.15, -0.1) is 0 Å². The van der Waals surface area contributed by atoms with Crippen LogP contribution in [-0.4, -0.2) is 48.2 Å². The maximum Gasteiger partial charge on any atom is 0.172 e. The second kappa shape index (κ2) is 6.01. The molecule has 1 aromatic rings. The number of nitrogens with two attached hydrogens (primary N) is 1. The minimum absolute atomic E-state index is 0.145. The summed E-state index contributed by atoms with van der Waals surface area (Å²) in [6, 6.07) is 6.72. The van der Waals surface area contributed by atoms with E-state index in [9.17, 15) is 0 Å². The molecule has 1 aliphatic heterocycles. The summed E-state index contributed by atoms with van der Waals surface area (Å²) in [5, 5.41) is 12.1. The van der Waals surface area contributed by atoms with E-state index in [1.54, 1.807) is 0 Å². The van der Waals surface area contributed by atoms with Gasteiger partial charge in [-0.2, -0.15) is 0 Å². The molecule has 2 rings (SSSR count). The van der Waals surface area contributed by atoms with Gasteiger partial charge in [0, 0.05) is 40.9 Å². The number of nitrogens with zero attached hydrogens (tertiary/aromatic N) is 3. The average molecular weight is 341 g/mol. The van der Waals surface area contributed by atoms with Gasteiger partial charge >= 0.3 is 0 Å². The van der Waals surface area contributed by atoms with E-state index in [4.69, 9.17) is 10.9 Å². The van der Waals surface area contributed by atoms with Crippen molar-refractivity contribution in [2.24, 2.45) is 10.9 Å². The second-order valence-corrected chi connectivity index (χ2v) is 6.33. The van der Waals surface area contributed by atoms with Crippen molar-refractivity contribution in [3.8, 4) is 0 Å². The first-order valence-corrected chi connectivity index (χ1v) is 7.47. The van der Waals surface area contributed by atoms with Crippen LogP contribution in [0, 0.1) is 0 Å². The normalized spacial score (nSPS) is 25.0. The lowest BCUT2D eigenvalue weighted by Crippen LogP contribution is -2.55. The fourth-order valence-corrected chi connectivity index (χ4v) is 2.99. The molecule has 5 nitrogen and oxygen atoms in total. The third kappa shape index (κ3) is 2.91. The van der Waals surface area contributed by atoms with Crippen LogP contribution in [0.15, 0.2) is 27.8 Å². The van der Waals surface area contributed by atoms with Crippen molar-refractivity contribution in [3.63, 3.8) is 0 Å². The lowest BCUT2D eigenvalue weighted by molar-refractivity contribution is 0.170. The van der Waals surface area contributed by atoms with E-state index in [-0.39, 0.29) is 5.84 Å². The predicted octanol–water partition coefficient (Wildman–Crippen LogP) is 2.07. The molecule has 110 valence electrons. The molecule has 1 aliphatic rings. The third-order valence-electron chi connectivity index (χ3n) is 4.04. The van der Waals surface area contributed by atoms with Crippen molar-refractivity contribution in [1.82, 2.24) is 4.90 Å². The Kier molecular flexibility index (Phi) is 4.55. The van der Waals surface area contributed by atoms with Gasteiger partial charge in [0.25, 0.3) is 0 Å². The number of hydrogen-bond acceptors (Lipinski definition) is 4. The Bertz CT molecular complexity index is 508. The highest BCUT2D eigenvalue weighted by Crippen LogP contribution is 2.28. The van der Waals surface area contributed by atoms with E-state index in [1.165, 1.54) is 0 Å². The molecule has 0 aliphatic carbocycles. The highest BCUT2D eigenvalue weighted by atomic mass is 79.9. The number of hydrogen-bond donors (Lipinski definition) is 2. The van der Waals surface area contributed by atoms with Gasteiger partial charge in [0.15, 0.2) is 5.84 Å². The number of benzene rings is 1. The Morgan fingerprint density at radius 3 is 2.50 bits per heavy atom. The van der Waals surface area contributed by atoms with Crippen LogP contribution in [0.1, 0.15) is 19.4 Å². The number of rotatable bonds is 2. The molecule has 1 aromatic carbocycles. The van der Waals surface area contributed by atoms with Crippen LogP contribution in [0.3, 0.4) is 0 Å². The van der Waals surface area contributed by atoms with Crippen LogP contribution in [-0.2, 0) is 0 Å². The summed E-state index contributed by atoms with van der Waals surface area (Å²) < 4.78 is 0.987. The molecule has 0 amide bonds. The summed E-state index contributed by atoms with van der Waals surface area (Å²) in [5.41, 5.74) is 7.56. The Morgan fingerprint density at radius 1 is 1.35 bits per heavy atom. The molecular weight excluding hydrogens is 320 g/mol. The van der Waals surface area contributed by atoms with E-state index in [2.05, 4.69) is 51.8 Å². The monoisotopic (exact) mass is 340 g/mol. The standard InChI is InChI=1S/C14H21BrN4O/c1-9-7-19(8-10(2)18(9)3)13-6-11(15)4-5-12(13)14(16)17-20/h4-6,9-10,20H,7-8H2,1-3H3,(H2,16,17). The van der Waals surface area contributed by atoms with Crippen molar-refractivity contribution in [2.75, 3.05) is 25.0 Å². The van der Waals surface area contributed by atoms with Gasteiger partial charge < -0.3 is 15.8 Å². The molecule has 0 saturated carbocycles. The molecule has 1 heterocycles. The van der Waals surface area contributed by atoms with Gasteiger partial charge in [-0.25, -0.2) is 0 Å². The maximum absolute atomic E-state index is 8.95. The predicted molar refractivity (Wildman–Crippen MR) is 85.6 cm³/mol. The Morgan fingerprint density at radius 2 is 1.95 bits per heavy atom. The number of likely N-dealkylation sites (N-methyl/N-ethyl adjacent to an activating group) is 1. The molecule has 0 aromatic heterocycles. The zero-order valence-corrected chi connectivity index (χ0v) is 13.6. The molecule has 2 unspecified atom stereocenters. The van der Waals surface area contributed by atoms with Crippen molar-refractivity contribution >= 4 is 27.5 Å². The smallest absolute Gasteiger partial charge is 0.172 e. The summed E-state index contributed by atoms with van der Waals surface area (Å²) in [7, 11) is 2.15. The van der Waals surface area contributed by atoms with Gasteiger partial charge in [0.05, 0.1) is 0 Å². The topological polar surface area (TPSA) is 65.1 Å². The summed E-state index contributed by atoms with van der Waals surface area (Å²) in [5.74, 6) is 0.145. The van der Waals surface area contributed by atoms with E-state index in [0.717, 1.165) is 28.8 Å². The minimum atomic E-state index is 0.145. The fourth-order valence-electron chi connectivity index (χ4n) is 2.64. The molecule has 0 bridgehead atoms. The molecule has 0 spiro atoms. The molecule has 6 heteroatoms. The lowest BCUT2D eigenvalue weighted by atomic mass is 10.1. The van der Waals surface area contributed by atoms with Crippen molar-refractivity contribution in [2.45, 2.75) is 25.9 Å². The first-order chi connectivity index (χ1) is 9.43. The third-order valence-corrected chi connectivity index (χ3v) is 4.54. The highest BCUT2D eigenvalue weighted by Gasteiger charge is 2.28. The van der Waals surface area contributed by atoms with Gasteiger partial charge in [0.2, 0.25) is 0 Å². The molecule has 1 fully saturated rings. The van der Waals surface area contributed by atoms with Crippen LogP contribution in [0.5, 0.6) is 0 Å². The van der Waals surface area contributed by atoms with E-state index < -0.39 is 0 Å². The van der Waals surface area contributed by atoms with Gasteiger partial charge in [-0.3, -0.25) is 4.90 Å². The molecule has 3 N–H and O–H groups in total. The van der Waals surface area contributed by atoms with Crippen LogP contribution < -0.4 is 10.6 Å². The number of amidine groups is 1. The van der Waals surface area contributed by atoms with Crippen LogP contribution in [0.25, 0.3) is 0 Å². The minimum Gasteiger partial charge on any atom is -0.409 e. The molecule has 0 radical (unpaired) electrons. The number of piperazine rings is 1. The van der Waals surface area contributed by atoms with E-state index in [0.29, 0.717) is 12.1 Å². The zero-order valence-electron chi connectivity index (χ0n) is 12.0. The van der Waals surface area contributed by atoms with E-state index >= 15 is 0 Å². The first kappa shape index (κ1) is 15.1. The average Bonchev–Trinajstić information content (AvgIpc) is 2.43. The van der Waals surface area contributed by atoms with Gasteiger partial charge in [-0.1, -0.05) is 21.1 Å². The van der Waals surface area contributed by atoms with Gasteiger partial charge in [0.1, 0.15) is 0 Å². The van der Waals surface area contributed by atoms with Gasteiger partial charge in [-0.05, 0) is 39.1 Å². The SMILES string of the molecule is CC1CN(c2cc(Br)ccc2/C(N)=N/O)CC(C)N1C. The summed E-state index contributed by atoms with van der Waals surface area (Å²) in [6.07, 6.45) is 0. The summed E-state index contributed by atoms with van der Waals surface area (Å²) in [6.45, 7) is 6.26. The molecule has 1 saturated heterocycles. The zero-order chi connectivity index (χ0) is 14.9. The fraction of sp³-hybridized carbons (Fsp3) is 0.500.